The van der Waals surface area contributed by atoms with Crippen LogP contribution in [0.25, 0.3) is 11.3 Å². The van der Waals surface area contributed by atoms with Crippen LogP contribution in [0.5, 0.6) is 0 Å². The highest BCUT2D eigenvalue weighted by Crippen LogP contribution is 2.21. The third-order valence-corrected chi connectivity index (χ3v) is 2.56. The molecular formula is C13H9ClN2. The van der Waals surface area contributed by atoms with E-state index in [-0.39, 0.29) is 0 Å². The zero-order chi connectivity index (χ0) is 11.5. The fraction of sp³-hybridized carbons (Fsp3) is 0.0769. The summed E-state index contributed by atoms with van der Waals surface area (Å²) in [5.74, 6) is 0. The lowest BCUT2D eigenvalue weighted by atomic mass is 10.1. The molecule has 0 saturated heterocycles. The third kappa shape index (κ3) is 2.05. The van der Waals surface area contributed by atoms with Crippen molar-refractivity contribution in [2.75, 3.05) is 0 Å². The van der Waals surface area contributed by atoms with Crippen molar-refractivity contribution in [2.45, 2.75) is 6.92 Å². The van der Waals surface area contributed by atoms with Gasteiger partial charge in [0.05, 0.1) is 17.0 Å². The Labute approximate surface area is 99.1 Å². The summed E-state index contributed by atoms with van der Waals surface area (Å²) in [6.07, 6.45) is 0. The van der Waals surface area contributed by atoms with Crippen molar-refractivity contribution >= 4 is 11.6 Å². The van der Waals surface area contributed by atoms with Crippen molar-refractivity contribution in [3.05, 3.63) is 52.7 Å². The highest BCUT2D eigenvalue weighted by molar-refractivity contribution is 6.30. The first kappa shape index (κ1) is 10.7. The minimum Gasteiger partial charge on any atom is -0.252 e. The minimum absolute atomic E-state index is 0.603. The predicted molar refractivity (Wildman–Crippen MR) is 64.1 cm³/mol. The standard InChI is InChI=1S/C13H9ClN2/c1-9-11(8-15)5-6-13(16-9)10-3-2-4-12(14)7-10/h2-7H,1H3. The number of hydrogen-bond acceptors (Lipinski definition) is 2. The van der Waals surface area contributed by atoms with Gasteiger partial charge in [0.25, 0.3) is 0 Å². The number of hydrogen-bond donors (Lipinski definition) is 0. The normalized spacial score (nSPS) is 9.81. The zero-order valence-corrected chi connectivity index (χ0v) is 9.49. The molecule has 1 heterocycles. The van der Waals surface area contributed by atoms with Crippen molar-refractivity contribution in [3.63, 3.8) is 0 Å². The monoisotopic (exact) mass is 228 g/mol. The second-order valence-corrected chi connectivity index (χ2v) is 3.89. The molecule has 0 aliphatic rings. The van der Waals surface area contributed by atoms with Gasteiger partial charge in [-0.1, -0.05) is 23.7 Å². The van der Waals surface area contributed by atoms with Crippen LogP contribution in [0.1, 0.15) is 11.3 Å². The molecule has 0 spiro atoms. The molecule has 0 fully saturated rings. The van der Waals surface area contributed by atoms with E-state index in [1.165, 1.54) is 0 Å². The van der Waals surface area contributed by atoms with Crippen molar-refractivity contribution in [1.82, 2.24) is 4.98 Å². The number of halogens is 1. The number of benzene rings is 1. The highest BCUT2D eigenvalue weighted by Gasteiger charge is 2.03. The molecule has 16 heavy (non-hydrogen) atoms. The van der Waals surface area contributed by atoms with Crippen LogP contribution in [0.2, 0.25) is 5.02 Å². The van der Waals surface area contributed by atoms with Gasteiger partial charge in [-0.15, -0.1) is 0 Å². The summed E-state index contributed by atoms with van der Waals surface area (Å²) in [4.78, 5) is 4.37. The van der Waals surface area contributed by atoms with Gasteiger partial charge in [-0.2, -0.15) is 5.26 Å². The van der Waals surface area contributed by atoms with Gasteiger partial charge in [0.15, 0.2) is 0 Å². The number of pyridine rings is 1. The molecule has 0 atom stereocenters. The van der Waals surface area contributed by atoms with Crippen LogP contribution < -0.4 is 0 Å². The Morgan fingerprint density at radius 1 is 1.25 bits per heavy atom. The van der Waals surface area contributed by atoms with E-state index in [1.54, 1.807) is 6.07 Å². The molecule has 0 bridgehead atoms. The van der Waals surface area contributed by atoms with E-state index in [9.17, 15) is 0 Å². The van der Waals surface area contributed by atoms with Crippen molar-refractivity contribution in [1.29, 1.82) is 5.26 Å². The van der Waals surface area contributed by atoms with Crippen molar-refractivity contribution in [2.24, 2.45) is 0 Å². The quantitative estimate of drug-likeness (QED) is 0.748. The Kier molecular flexibility index (Phi) is 2.89. The summed E-state index contributed by atoms with van der Waals surface area (Å²) in [7, 11) is 0. The Hall–Kier alpha value is -1.85. The number of nitrogens with zero attached hydrogens (tertiary/aromatic N) is 2. The van der Waals surface area contributed by atoms with Gasteiger partial charge in [-0.05, 0) is 31.2 Å². The molecule has 1 aromatic carbocycles. The van der Waals surface area contributed by atoms with E-state index in [4.69, 9.17) is 16.9 Å². The molecule has 3 heteroatoms. The Bertz CT molecular complexity index is 570. The van der Waals surface area contributed by atoms with Crippen molar-refractivity contribution < 1.29 is 0 Å². The first-order valence-corrected chi connectivity index (χ1v) is 5.22. The molecule has 2 aromatic rings. The summed E-state index contributed by atoms with van der Waals surface area (Å²) < 4.78 is 0. The lowest BCUT2D eigenvalue weighted by Crippen LogP contribution is -1.90. The summed E-state index contributed by atoms with van der Waals surface area (Å²) in [6, 6.07) is 13.2. The highest BCUT2D eigenvalue weighted by atomic mass is 35.5. The average Bonchev–Trinajstić information content (AvgIpc) is 2.29. The second-order valence-electron chi connectivity index (χ2n) is 3.45. The molecule has 0 N–H and O–H groups in total. The first-order chi connectivity index (χ1) is 7.70. The zero-order valence-electron chi connectivity index (χ0n) is 8.74. The molecule has 1 aromatic heterocycles. The molecule has 78 valence electrons. The van der Waals surface area contributed by atoms with Gasteiger partial charge >= 0.3 is 0 Å². The molecule has 0 aliphatic heterocycles. The average molecular weight is 229 g/mol. The van der Waals surface area contributed by atoms with Gasteiger partial charge in [-0.25, -0.2) is 0 Å². The smallest absolute Gasteiger partial charge is 0.101 e. The predicted octanol–water partition coefficient (Wildman–Crippen LogP) is 3.58. The fourth-order valence-corrected chi connectivity index (χ4v) is 1.68. The number of aromatic nitrogens is 1. The topological polar surface area (TPSA) is 36.7 Å². The summed E-state index contributed by atoms with van der Waals surface area (Å²) in [6.45, 7) is 1.83. The fourth-order valence-electron chi connectivity index (χ4n) is 1.49. The number of rotatable bonds is 1. The maximum atomic E-state index is 8.81. The van der Waals surface area contributed by atoms with E-state index in [0.717, 1.165) is 17.0 Å². The Morgan fingerprint density at radius 2 is 2.06 bits per heavy atom. The maximum Gasteiger partial charge on any atom is 0.101 e. The first-order valence-electron chi connectivity index (χ1n) is 4.84. The van der Waals surface area contributed by atoms with Gasteiger partial charge in [-0.3, -0.25) is 4.98 Å². The maximum absolute atomic E-state index is 8.81. The molecule has 2 rings (SSSR count). The molecule has 0 aliphatic carbocycles. The van der Waals surface area contributed by atoms with Crippen LogP contribution in [0.15, 0.2) is 36.4 Å². The van der Waals surface area contributed by atoms with E-state index >= 15 is 0 Å². The Morgan fingerprint density at radius 3 is 2.69 bits per heavy atom. The number of nitriles is 1. The summed E-state index contributed by atoms with van der Waals surface area (Å²) >= 11 is 5.91. The Balaban J connectivity index is 2.50. The van der Waals surface area contributed by atoms with E-state index < -0.39 is 0 Å². The largest absolute Gasteiger partial charge is 0.252 e. The van der Waals surface area contributed by atoms with Gasteiger partial charge in [0.2, 0.25) is 0 Å². The molecule has 0 amide bonds. The lowest BCUT2D eigenvalue weighted by molar-refractivity contribution is 1.18. The van der Waals surface area contributed by atoms with Crippen LogP contribution >= 0.6 is 11.6 Å². The molecule has 0 radical (unpaired) electrons. The van der Waals surface area contributed by atoms with Crippen LogP contribution in [0.4, 0.5) is 0 Å². The summed E-state index contributed by atoms with van der Waals surface area (Å²) in [5, 5.41) is 9.49. The SMILES string of the molecule is Cc1nc(-c2cccc(Cl)c2)ccc1C#N. The van der Waals surface area contributed by atoms with Crippen LogP contribution in [0, 0.1) is 18.3 Å². The van der Waals surface area contributed by atoms with E-state index in [2.05, 4.69) is 11.1 Å². The van der Waals surface area contributed by atoms with Crippen LogP contribution in [-0.2, 0) is 0 Å². The second kappa shape index (κ2) is 4.34. The molecule has 2 nitrogen and oxygen atoms in total. The van der Waals surface area contributed by atoms with E-state index in [1.807, 2.05) is 37.3 Å². The van der Waals surface area contributed by atoms with Gasteiger partial charge in [0.1, 0.15) is 6.07 Å². The van der Waals surface area contributed by atoms with Crippen molar-refractivity contribution in [3.8, 4) is 17.3 Å². The third-order valence-electron chi connectivity index (χ3n) is 2.33. The minimum atomic E-state index is 0.603. The lowest BCUT2D eigenvalue weighted by Gasteiger charge is -2.03. The van der Waals surface area contributed by atoms with E-state index in [0.29, 0.717) is 10.6 Å². The van der Waals surface area contributed by atoms with Crippen LogP contribution in [-0.4, -0.2) is 4.98 Å². The van der Waals surface area contributed by atoms with Gasteiger partial charge in [0, 0.05) is 10.6 Å². The molecular weight excluding hydrogens is 220 g/mol. The number of aryl methyl sites for hydroxylation is 1. The van der Waals surface area contributed by atoms with Crippen LogP contribution in [0.3, 0.4) is 0 Å². The molecule has 0 saturated carbocycles. The molecule has 0 unspecified atom stereocenters. The van der Waals surface area contributed by atoms with Gasteiger partial charge < -0.3 is 0 Å². The summed E-state index contributed by atoms with van der Waals surface area (Å²) in [5.41, 5.74) is 3.13.